The van der Waals surface area contributed by atoms with Gasteiger partial charge in [0.15, 0.2) is 0 Å². The fourth-order valence-corrected chi connectivity index (χ4v) is 2.71. The van der Waals surface area contributed by atoms with Crippen LogP contribution in [0.4, 0.5) is 14.5 Å². The molecule has 1 atom stereocenters. The number of rotatable bonds is 10. The average molecular weight is 461 g/mol. The number of hydroxylamine groups is 1. The summed E-state index contributed by atoms with van der Waals surface area (Å²) in [4.78, 5) is 34.6. The minimum Gasteiger partial charge on any atom is -0.436 e. The van der Waals surface area contributed by atoms with Gasteiger partial charge < -0.3 is 14.8 Å². The second-order valence-electron chi connectivity index (χ2n) is 6.18. The molecule has 0 fully saturated rings. The van der Waals surface area contributed by atoms with E-state index in [9.17, 15) is 19.3 Å². The predicted octanol–water partition coefficient (Wildman–Crippen LogP) is 3.34. The topological polar surface area (TPSA) is 138 Å². The van der Waals surface area contributed by atoms with Crippen molar-refractivity contribution in [2.24, 2.45) is 0 Å². The lowest BCUT2D eigenvalue weighted by molar-refractivity contribution is -0.385. The number of nitro benzene ring substituents is 1. The molecule has 0 saturated carbocycles. The van der Waals surface area contributed by atoms with E-state index in [2.05, 4.69) is 25.6 Å². The zero-order valence-electron chi connectivity index (χ0n) is 17.0. The third-order valence-corrected chi connectivity index (χ3v) is 4.20. The number of carbonyl (C=O) groups is 1. The standard InChI is InChI=1S/C20H17F2N5O6/c1-23-18(28)17(26-31-10-21)12-6-2-4-8-14(12)32-19-16(22)20(25-11-24-19)33-15-9-5-3-7-13(15)27(29)30/h2-9,11,17,26H,10H2,1H3,(H,23,28). The number of carbonyl (C=O) groups excluding carboxylic acids is 1. The van der Waals surface area contributed by atoms with Gasteiger partial charge in [-0.25, -0.2) is 4.39 Å². The number of amides is 1. The maximum absolute atomic E-state index is 15.0. The number of hydrogen-bond acceptors (Lipinski definition) is 9. The Hall–Kier alpha value is -4.23. The zero-order chi connectivity index (χ0) is 23.8. The summed E-state index contributed by atoms with van der Waals surface area (Å²) in [5, 5.41) is 13.6. The van der Waals surface area contributed by atoms with Gasteiger partial charge in [-0.3, -0.25) is 19.7 Å². The van der Waals surface area contributed by atoms with E-state index in [0.717, 1.165) is 6.33 Å². The Morgan fingerprint density at radius 1 is 1.09 bits per heavy atom. The molecule has 0 aliphatic rings. The molecule has 0 spiro atoms. The van der Waals surface area contributed by atoms with Crippen molar-refractivity contribution in [2.75, 3.05) is 13.9 Å². The van der Waals surface area contributed by atoms with Gasteiger partial charge in [0.1, 0.15) is 18.1 Å². The summed E-state index contributed by atoms with van der Waals surface area (Å²) in [6.45, 7) is -1.20. The van der Waals surface area contributed by atoms with Gasteiger partial charge in [0.05, 0.1) is 4.92 Å². The van der Waals surface area contributed by atoms with E-state index < -0.39 is 47.0 Å². The third kappa shape index (κ3) is 5.53. The van der Waals surface area contributed by atoms with Gasteiger partial charge >= 0.3 is 5.69 Å². The third-order valence-electron chi connectivity index (χ3n) is 4.20. The van der Waals surface area contributed by atoms with E-state index in [1.165, 1.54) is 43.4 Å². The monoisotopic (exact) mass is 461 g/mol. The van der Waals surface area contributed by atoms with Crippen LogP contribution in [-0.2, 0) is 9.63 Å². The number of hydrogen-bond donors (Lipinski definition) is 2. The number of ether oxygens (including phenoxy) is 2. The maximum atomic E-state index is 15.0. The molecule has 1 heterocycles. The molecular weight excluding hydrogens is 444 g/mol. The summed E-state index contributed by atoms with van der Waals surface area (Å²) in [5.74, 6) is -3.16. The number of alkyl halides is 1. The van der Waals surface area contributed by atoms with Crippen LogP contribution in [0.5, 0.6) is 23.3 Å². The molecule has 33 heavy (non-hydrogen) atoms. The Balaban J connectivity index is 1.93. The number of aromatic nitrogens is 2. The fourth-order valence-electron chi connectivity index (χ4n) is 2.71. The minimum atomic E-state index is -1.20. The lowest BCUT2D eigenvalue weighted by Gasteiger charge is -2.19. The molecule has 172 valence electrons. The molecule has 1 aromatic heterocycles. The van der Waals surface area contributed by atoms with Gasteiger partial charge in [0, 0.05) is 18.7 Å². The number of benzene rings is 2. The molecular formula is C20H17F2N5O6. The normalized spacial score (nSPS) is 11.5. The van der Waals surface area contributed by atoms with Crippen molar-refractivity contribution in [3.63, 3.8) is 0 Å². The molecule has 0 bridgehead atoms. The Labute approximate surface area is 185 Å². The van der Waals surface area contributed by atoms with Crippen molar-refractivity contribution in [2.45, 2.75) is 6.04 Å². The van der Waals surface area contributed by atoms with Crippen LogP contribution in [0.15, 0.2) is 54.9 Å². The van der Waals surface area contributed by atoms with Gasteiger partial charge in [-0.05, 0) is 12.1 Å². The smallest absolute Gasteiger partial charge is 0.311 e. The van der Waals surface area contributed by atoms with E-state index in [1.54, 1.807) is 12.1 Å². The Bertz CT molecular complexity index is 1150. The molecule has 3 aromatic rings. The van der Waals surface area contributed by atoms with Crippen LogP contribution in [0.25, 0.3) is 0 Å². The second-order valence-corrected chi connectivity index (χ2v) is 6.18. The Kier molecular flexibility index (Phi) is 7.73. The molecule has 2 aromatic carbocycles. The van der Waals surface area contributed by atoms with Gasteiger partial charge in [-0.1, -0.05) is 30.3 Å². The fraction of sp³-hybridized carbons (Fsp3) is 0.150. The quantitative estimate of drug-likeness (QED) is 0.344. The van der Waals surface area contributed by atoms with E-state index in [4.69, 9.17) is 9.47 Å². The van der Waals surface area contributed by atoms with Crippen LogP contribution < -0.4 is 20.3 Å². The molecule has 2 N–H and O–H groups in total. The van der Waals surface area contributed by atoms with Crippen LogP contribution >= 0.6 is 0 Å². The largest absolute Gasteiger partial charge is 0.436 e. The van der Waals surface area contributed by atoms with Crippen molar-refractivity contribution in [3.8, 4) is 23.3 Å². The first-order valence-corrected chi connectivity index (χ1v) is 9.29. The molecule has 1 unspecified atom stereocenters. The molecule has 0 aliphatic carbocycles. The number of nitrogens with zero attached hydrogens (tertiary/aromatic N) is 3. The molecule has 11 nitrogen and oxygen atoms in total. The van der Waals surface area contributed by atoms with Crippen molar-refractivity contribution in [1.29, 1.82) is 0 Å². The summed E-state index contributed by atoms with van der Waals surface area (Å²) < 4.78 is 38.3. The van der Waals surface area contributed by atoms with E-state index >= 15 is 4.39 Å². The van der Waals surface area contributed by atoms with Crippen LogP contribution in [0.2, 0.25) is 0 Å². The van der Waals surface area contributed by atoms with Crippen molar-refractivity contribution in [1.82, 2.24) is 20.8 Å². The Morgan fingerprint density at radius 3 is 2.33 bits per heavy atom. The SMILES string of the molecule is CNC(=O)C(NOCF)c1ccccc1Oc1ncnc(Oc2ccccc2[N+](=O)[O-])c1F. The Morgan fingerprint density at radius 2 is 1.70 bits per heavy atom. The summed E-state index contributed by atoms with van der Waals surface area (Å²) in [6.07, 6.45) is 0.936. The average Bonchev–Trinajstić information content (AvgIpc) is 2.82. The van der Waals surface area contributed by atoms with Crippen LogP contribution in [-0.4, -0.2) is 34.7 Å². The summed E-state index contributed by atoms with van der Waals surface area (Å²) in [6, 6.07) is 10.2. The van der Waals surface area contributed by atoms with Crippen molar-refractivity contribution >= 4 is 11.6 Å². The highest BCUT2D eigenvalue weighted by Crippen LogP contribution is 2.35. The molecule has 0 aliphatic heterocycles. The highest BCUT2D eigenvalue weighted by atomic mass is 19.1. The molecule has 13 heteroatoms. The minimum absolute atomic E-state index is 0.00435. The van der Waals surface area contributed by atoms with Gasteiger partial charge in [0.2, 0.25) is 24.3 Å². The number of likely N-dealkylation sites (N-methyl/N-ethyl adjacent to an activating group) is 1. The lowest BCUT2D eigenvalue weighted by Crippen LogP contribution is -2.36. The first-order chi connectivity index (χ1) is 16.0. The summed E-state index contributed by atoms with van der Waals surface area (Å²) in [7, 11) is 1.37. The number of para-hydroxylation sites is 3. The highest BCUT2D eigenvalue weighted by molar-refractivity contribution is 5.83. The predicted molar refractivity (Wildman–Crippen MR) is 109 cm³/mol. The zero-order valence-corrected chi connectivity index (χ0v) is 17.0. The van der Waals surface area contributed by atoms with E-state index in [1.807, 2.05) is 0 Å². The number of halogens is 2. The lowest BCUT2D eigenvalue weighted by atomic mass is 10.1. The van der Waals surface area contributed by atoms with Crippen molar-refractivity contribution in [3.05, 3.63) is 76.4 Å². The van der Waals surface area contributed by atoms with E-state index in [0.29, 0.717) is 0 Å². The second kappa shape index (κ2) is 10.9. The van der Waals surface area contributed by atoms with Crippen LogP contribution in [0.1, 0.15) is 11.6 Å². The number of nitro groups is 1. The first kappa shape index (κ1) is 23.4. The number of nitrogens with one attached hydrogen (secondary N) is 2. The van der Waals surface area contributed by atoms with E-state index in [-0.39, 0.29) is 17.1 Å². The maximum Gasteiger partial charge on any atom is 0.311 e. The van der Waals surface area contributed by atoms with Crippen LogP contribution in [0.3, 0.4) is 0 Å². The summed E-state index contributed by atoms with van der Waals surface area (Å²) >= 11 is 0. The summed E-state index contributed by atoms with van der Waals surface area (Å²) in [5.41, 5.74) is 2.05. The first-order valence-electron chi connectivity index (χ1n) is 9.29. The van der Waals surface area contributed by atoms with Crippen LogP contribution in [0, 0.1) is 15.9 Å². The van der Waals surface area contributed by atoms with Gasteiger partial charge in [-0.15, -0.1) is 0 Å². The molecule has 3 rings (SSSR count). The van der Waals surface area contributed by atoms with Gasteiger partial charge in [-0.2, -0.15) is 19.8 Å². The van der Waals surface area contributed by atoms with Crippen molar-refractivity contribution < 1.29 is 32.8 Å². The highest BCUT2D eigenvalue weighted by Gasteiger charge is 2.25. The molecule has 1 amide bonds. The van der Waals surface area contributed by atoms with Gasteiger partial charge in [0.25, 0.3) is 11.8 Å². The molecule has 0 saturated heterocycles. The molecule has 0 radical (unpaired) electrons.